The molecular weight excluding hydrogens is 390 g/mol. The maximum Gasteiger partial charge on any atom is 0.222 e. The van der Waals surface area contributed by atoms with Gasteiger partial charge in [0.15, 0.2) is 6.10 Å². The number of hydrogen-bond donors (Lipinski definition) is 0. The standard InChI is InChI=1S/C20H19Cl2FN2O2/c1-2-20(26)25(11-14-5-3-4-6-18(14)23)12-15-10-19(24-27-15)13-7-8-16(21)17(22)9-13/h3-9,15H,2,10-12H2,1H3. The minimum atomic E-state index is -0.327. The van der Waals surface area contributed by atoms with Crippen LogP contribution in [0.25, 0.3) is 0 Å². The van der Waals surface area contributed by atoms with Crippen LogP contribution in [0.2, 0.25) is 10.0 Å². The molecule has 4 nitrogen and oxygen atoms in total. The summed E-state index contributed by atoms with van der Waals surface area (Å²) < 4.78 is 14.0. The number of carbonyl (C=O) groups excluding carboxylic acids is 1. The summed E-state index contributed by atoms with van der Waals surface area (Å²) >= 11 is 12.0. The van der Waals surface area contributed by atoms with Gasteiger partial charge >= 0.3 is 0 Å². The van der Waals surface area contributed by atoms with Gasteiger partial charge in [-0.15, -0.1) is 0 Å². The largest absolute Gasteiger partial charge is 0.390 e. The zero-order chi connectivity index (χ0) is 19.4. The molecule has 142 valence electrons. The van der Waals surface area contributed by atoms with E-state index in [0.29, 0.717) is 35.0 Å². The van der Waals surface area contributed by atoms with Crippen LogP contribution in [0.1, 0.15) is 30.9 Å². The molecular formula is C20H19Cl2FN2O2. The molecule has 0 N–H and O–H groups in total. The fourth-order valence-electron chi connectivity index (χ4n) is 2.93. The molecule has 0 bridgehead atoms. The van der Waals surface area contributed by atoms with E-state index in [1.807, 2.05) is 6.07 Å². The Balaban J connectivity index is 1.68. The molecule has 1 atom stereocenters. The summed E-state index contributed by atoms with van der Waals surface area (Å²) in [6.07, 6.45) is 0.571. The molecule has 3 rings (SSSR count). The Morgan fingerprint density at radius 1 is 1.26 bits per heavy atom. The third-order valence-corrected chi connectivity index (χ3v) is 5.12. The summed E-state index contributed by atoms with van der Waals surface area (Å²) in [5, 5.41) is 5.04. The summed E-state index contributed by atoms with van der Waals surface area (Å²) in [6, 6.07) is 11.7. The van der Waals surface area contributed by atoms with Crippen molar-refractivity contribution in [3.8, 4) is 0 Å². The van der Waals surface area contributed by atoms with Gasteiger partial charge in [-0.1, -0.05) is 59.5 Å². The van der Waals surface area contributed by atoms with E-state index < -0.39 is 0 Å². The molecule has 0 aliphatic carbocycles. The predicted molar refractivity (Wildman–Crippen MR) is 105 cm³/mol. The molecule has 1 heterocycles. The Hall–Kier alpha value is -2.11. The van der Waals surface area contributed by atoms with Crippen LogP contribution < -0.4 is 0 Å². The lowest BCUT2D eigenvalue weighted by Crippen LogP contribution is -2.37. The Kier molecular flexibility index (Phi) is 6.34. The zero-order valence-corrected chi connectivity index (χ0v) is 16.3. The second-order valence-corrected chi connectivity index (χ2v) is 7.13. The summed E-state index contributed by atoms with van der Waals surface area (Å²) in [6.45, 7) is 2.31. The lowest BCUT2D eigenvalue weighted by Gasteiger charge is -2.24. The number of halogens is 3. The van der Waals surface area contributed by atoms with Gasteiger partial charge in [0, 0.05) is 30.5 Å². The molecule has 0 fully saturated rings. The zero-order valence-electron chi connectivity index (χ0n) is 14.8. The van der Waals surface area contributed by atoms with Gasteiger partial charge in [-0.25, -0.2) is 4.39 Å². The lowest BCUT2D eigenvalue weighted by molar-refractivity contribution is -0.133. The SMILES string of the molecule is CCC(=O)N(Cc1ccccc1F)CC1CC(c2ccc(Cl)c(Cl)c2)=NO1. The van der Waals surface area contributed by atoms with Crippen molar-refractivity contribution in [2.45, 2.75) is 32.4 Å². The summed E-state index contributed by atoms with van der Waals surface area (Å²) in [4.78, 5) is 19.4. The van der Waals surface area contributed by atoms with Crippen molar-refractivity contribution in [2.24, 2.45) is 5.16 Å². The van der Waals surface area contributed by atoms with E-state index in [4.69, 9.17) is 28.0 Å². The van der Waals surface area contributed by atoms with E-state index in [0.717, 1.165) is 11.3 Å². The first kappa shape index (κ1) is 19.6. The smallest absolute Gasteiger partial charge is 0.222 e. The molecule has 1 aliphatic rings. The molecule has 27 heavy (non-hydrogen) atoms. The van der Waals surface area contributed by atoms with Gasteiger partial charge in [-0.3, -0.25) is 4.79 Å². The predicted octanol–water partition coefficient (Wildman–Crippen LogP) is 5.06. The van der Waals surface area contributed by atoms with Gasteiger partial charge in [-0.2, -0.15) is 0 Å². The average Bonchev–Trinajstić information content (AvgIpc) is 3.13. The highest BCUT2D eigenvalue weighted by Gasteiger charge is 2.27. The molecule has 0 radical (unpaired) electrons. The molecule has 2 aromatic rings. The molecule has 2 aromatic carbocycles. The molecule has 0 spiro atoms. The number of amides is 1. The highest BCUT2D eigenvalue weighted by molar-refractivity contribution is 6.42. The second kappa shape index (κ2) is 8.72. The molecule has 1 aliphatic heterocycles. The first-order valence-electron chi connectivity index (χ1n) is 8.67. The number of hydrogen-bond acceptors (Lipinski definition) is 3. The topological polar surface area (TPSA) is 41.9 Å². The third kappa shape index (κ3) is 4.79. The first-order valence-corrected chi connectivity index (χ1v) is 9.42. The van der Waals surface area contributed by atoms with E-state index in [-0.39, 0.29) is 24.4 Å². The van der Waals surface area contributed by atoms with Crippen molar-refractivity contribution in [2.75, 3.05) is 6.54 Å². The van der Waals surface area contributed by atoms with Gasteiger partial charge < -0.3 is 9.74 Å². The van der Waals surface area contributed by atoms with Gasteiger partial charge in [-0.05, 0) is 18.2 Å². The molecule has 0 aromatic heterocycles. The van der Waals surface area contributed by atoms with Gasteiger partial charge in [0.2, 0.25) is 5.91 Å². The summed E-state index contributed by atoms with van der Waals surface area (Å²) in [7, 11) is 0. The Labute approximate surface area is 167 Å². The van der Waals surface area contributed by atoms with Crippen molar-refractivity contribution in [3.63, 3.8) is 0 Å². The Morgan fingerprint density at radius 2 is 2.04 bits per heavy atom. The minimum absolute atomic E-state index is 0.0650. The van der Waals surface area contributed by atoms with Crippen LogP contribution in [0.5, 0.6) is 0 Å². The monoisotopic (exact) mass is 408 g/mol. The van der Waals surface area contributed by atoms with E-state index in [9.17, 15) is 9.18 Å². The summed E-state index contributed by atoms with van der Waals surface area (Å²) in [5.41, 5.74) is 2.05. The number of carbonyl (C=O) groups is 1. The van der Waals surface area contributed by atoms with Crippen molar-refractivity contribution in [1.29, 1.82) is 0 Å². The van der Waals surface area contributed by atoms with E-state index in [1.54, 1.807) is 42.2 Å². The van der Waals surface area contributed by atoms with Crippen molar-refractivity contribution >= 4 is 34.8 Å². The highest BCUT2D eigenvalue weighted by atomic mass is 35.5. The normalized spacial score (nSPS) is 16.0. The molecule has 7 heteroatoms. The fraction of sp³-hybridized carbons (Fsp3) is 0.300. The van der Waals surface area contributed by atoms with E-state index in [2.05, 4.69) is 5.16 Å². The van der Waals surface area contributed by atoms with Crippen molar-refractivity contribution in [3.05, 3.63) is 69.5 Å². The molecule has 1 amide bonds. The van der Waals surface area contributed by atoms with Crippen LogP contribution in [-0.2, 0) is 16.2 Å². The quantitative estimate of drug-likeness (QED) is 0.669. The van der Waals surface area contributed by atoms with Crippen LogP contribution >= 0.6 is 23.2 Å². The van der Waals surface area contributed by atoms with Crippen molar-refractivity contribution in [1.82, 2.24) is 4.90 Å². The van der Waals surface area contributed by atoms with Crippen LogP contribution in [0.15, 0.2) is 47.6 Å². The Bertz CT molecular complexity index is 873. The van der Waals surface area contributed by atoms with Crippen LogP contribution in [0.3, 0.4) is 0 Å². The maximum atomic E-state index is 14.0. The molecule has 0 saturated heterocycles. The average molecular weight is 409 g/mol. The van der Waals surface area contributed by atoms with E-state index >= 15 is 0 Å². The Morgan fingerprint density at radius 3 is 2.74 bits per heavy atom. The maximum absolute atomic E-state index is 14.0. The number of benzene rings is 2. The lowest BCUT2D eigenvalue weighted by atomic mass is 10.0. The van der Waals surface area contributed by atoms with Gasteiger partial charge in [0.25, 0.3) is 0 Å². The van der Waals surface area contributed by atoms with Crippen LogP contribution in [0.4, 0.5) is 4.39 Å². The van der Waals surface area contributed by atoms with Crippen LogP contribution in [0, 0.1) is 5.82 Å². The van der Waals surface area contributed by atoms with Crippen molar-refractivity contribution < 1.29 is 14.0 Å². The number of rotatable bonds is 6. The fourth-order valence-corrected chi connectivity index (χ4v) is 3.23. The van der Waals surface area contributed by atoms with E-state index in [1.165, 1.54) is 6.07 Å². The second-order valence-electron chi connectivity index (χ2n) is 6.32. The van der Waals surface area contributed by atoms with Gasteiger partial charge in [0.1, 0.15) is 5.82 Å². The number of nitrogens with zero attached hydrogens (tertiary/aromatic N) is 2. The first-order chi connectivity index (χ1) is 13.0. The van der Waals surface area contributed by atoms with Gasteiger partial charge in [0.05, 0.1) is 22.3 Å². The number of oxime groups is 1. The summed E-state index contributed by atoms with van der Waals surface area (Å²) in [5.74, 6) is -0.392. The molecule has 0 saturated carbocycles. The van der Waals surface area contributed by atoms with Crippen LogP contribution in [-0.4, -0.2) is 29.2 Å². The highest BCUT2D eigenvalue weighted by Crippen LogP contribution is 2.26. The molecule has 1 unspecified atom stereocenters. The minimum Gasteiger partial charge on any atom is -0.390 e. The third-order valence-electron chi connectivity index (χ3n) is 4.38.